The minimum absolute atomic E-state index is 0.0262. The van der Waals surface area contributed by atoms with Gasteiger partial charge in [-0.2, -0.15) is 5.10 Å². The maximum atomic E-state index is 12.9. The summed E-state index contributed by atoms with van der Waals surface area (Å²) >= 11 is 1.33. The molecule has 6 nitrogen and oxygen atoms in total. The molecule has 3 aromatic rings. The van der Waals surface area contributed by atoms with Gasteiger partial charge in [0.25, 0.3) is 5.91 Å². The molecule has 2 aromatic heterocycles. The SMILES string of the molecule is COc1cccc(C2CN(C(=O)c3sc4nnc(C)c(C)c4c3N)C2)c1. The molecule has 4 rings (SSSR count). The number of anilines is 1. The highest BCUT2D eigenvalue weighted by atomic mass is 32.1. The average Bonchev–Trinajstić information content (AvgIpc) is 2.94. The van der Waals surface area contributed by atoms with Crippen molar-refractivity contribution in [3.63, 3.8) is 0 Å². The van der Waals surface area contributed by atoms with Gasteiger partial charge in [0.15, 0.2) is 0 Å². The number of hydrogen-bond donors (Lipinski definition) is 1. The van der Waals surface area contributed by atoms with Crippen LogP contribution in [0.15, 0.2) is 24.3 Å². The lowest BCUT2D eigenvalue weighted by Gasteiger charge is -2.39. The zero-order valence-electron chi connectivity index (χ0n) is 14.9. The number of rotatable bonds is 3. The van der Waals surface area contributed by atoms with E-state index in [4.69, 9.17) is 10.5 Å². The van der Waals surface area contributed by atoms with E-state index in [9.17, 15) is 4.79 Å². The number of ether oxygens (including phenoxy) is 1. The first-order valence-corrected chi connectivity index (χ1v) is 9.26. The zero-order chi connectivity index (χ0) is 18.4. The van der Waals surface area contributed by atoms with Gasteiger partial charge in [-0.15, -0.1) is 16.4 Å². The van der Waals surface area contributed by atoms with Gasteiger partial charge in [0.05, 0.1) is 18.5 Å². The van der Waals surface area contributed by atoms with E-state index in [2.05, 4.69) is 16.3 Å². The number of carbonyl (C=O) groups excluding carboxylic acids is 1. The van der Waals surface area contributed by atoms with Crippen LogP contribution in [-0.2, 0) is 0 Å². The normalized spacial score (nSPS) is 14.5. The Morgan fingerprint density at radius 1 is 1.31 bits per heavy atom. The standard InChI is InChI=1S/C19H20N4O2S/c1-10-11(2)21-22-18-15(10)16(20)17(26-18)19(24)23-8-13(9-23)12-5-4-6-14(7-12)25-3/h4-7,13H,8-9,20H2,1-3H3. The summed E-state index contributed by atoms with van der Waals surface area (Å²) in [4.78, 5) is 16.0. The molecular formula is C19H20N4O2S. The molecule has 26 heavy (non-hydrogen) atoms. The number of aromatic nitrogens is 2. The third-order valence-corrected chi connectivity index (χ3v) is 6.14. The van der Waals surface area contributed by atoms with Gasteiger partial charge in [-0.25, -0.2) is 0 Å². The lowest BCUT2D eigenvalue weighted by Crippen LogP contribution is -2.48. The fraction of sp³-hybridized carbons (Fsp3) is 0.316. The third kappa shape index (κ3) is 2.59. The lowest BCUT2D eigenvalue weighted by molar-refractivity contribution is 0.0608. The summed E-state index contributed by atoms with van der Waals surface area (Å²) in [6.45, 7) is 5.23. The molecule has 0 saturated carbocycles. The van der Waals surface area contributed by atoms with Crippen LogP contribution in [0.5, 0.6) is 5.75 Å². The molecule has 0 bridgehead atoms. The topological polar surface area (TPSA) is 81.3 Å². The van der Waals surface area contributed by atoms with Crippen LogP contribution in [0.1, 0.15) is 32.4 Å². The summed E-state index contributed by atoms with van der Waals surface area (Å²) in [6.07, 6.45) is 0. The van der Waals surface area contributed by atoms with E-state index >= 15 is 0 Å². The largest absolute Gasteiger partial charge is 0.497 e. The molecular weight excluding hydrogens is 348 g/mol. The van der Waals surface area contributed by atoms with Gasteiger partial charge in [-0.05, 0) is 37.1 Å². The predicted molar refractivity (Wildman–Crippen MR) is 103 cm³/mol. The number of nitrogens with zero attached hydrogens (tertiary/aromatic N) is 3. The first-order valence-electron chi connectivity index (χ1n) is 8.44. The van der Waals surface area contributed by atoms with Crippen LogP contribution in [0, 0.1) is 13.8 Å². The summed E-state index contributed by atoms with van der Waals surface area (Å²) in [7, 11) is 1.66. The van der Waals surface area contributed by atoms with Gasteiger partial charge in [0, 0.05) is 24.4 Å². The Hall–Kier alpha value is -2.67. The van der Waals surface area contributed by atoms with E-state index in [-0.39, 0.29) is 5.91 Å². The van der Waals surface area contributed by atoms with Gasteiger partial charge >= 0.3 is 0 Å². The molecule has 134 valence electrons. The summed E-state index contributed by atoms with van der Waals surface area (Å²) in [5, 5.41) is 9.19. The van der Waals surface area contributed by atoms with E-state index in [0.717, 1.165) is 27.2 Å². The smallest absolute Gasteiger partial charge is 0.266 e. The number of likely N-dealkylation sites (tertiary alicyclic amines) is 1. The quantitative estimate of drug-likeness (QED) is 0.768. The number of amides is 1. The van der Waals surface area contributed by atoms with E-state index in [1.165, 1.54) is 16.9 Å². The van der Waals surface area contributed by atoms with Crippen molar-refractivity contribution in [1.82, 2.24) is 15.1 Å². The van der Waals surface area contributed by atoms with E-state index in [0.29, 0.717) is 29.6 Å². The average molecular weight is 368 g/mol. The molecule has 2 N–H and O–H groups in total. The van der Waals surface area contributed by atoms with Crippen molar-refractivity contribution in [2.45, 2.75) is 19.8 Å². The molecule has 0 unspecified atom stereocenters. The second-order valence-electron chi connectivity index (χ2n) is 6.62. The number of hydrogen-bond acceptors (Lipinski definition) is 6. The summed E-state index contributed by atoms with van der Waals surface area (Å²) in [5.41, 5.74) is 9.82. The zero-order valence-corrected chi connectivity index (χ0v) is 15.8. The first kappa shape index (κ1) is 16.8. The van der Waals surface area contributed by atoms with Crippen LogP contribution in [0.25, 0.3) is 10.2 Å². The van der Waals surface area contributed by atoms with Crippen molar-refractivity contribution in [3.05, 3.63) is 46.0 Å². The number of aryl methyl sites for hydroxylation is 2. The molecule has 1 amide bonds. The van der Waals surface area contributed by atoms with Crippen LogP contribution >= 0.6 is 11.3 Å². The Kier molecular flexibility index (Phi) is 4.03. The minimum atomic E-state index is -0.0262. The fourth-order valence-electron chi connectivity index (χ4n) is 3.29. The molecule has 1 aliphatic rings. The predicted octanol–water partition coefficient (Wildman–Crippen LogP) is 3.14. The van der Waals surface area contributed by atoms with Crippen LogP contribution < -0.4 is 10.5 Å². The fourth-order valence-corrected chi connectivity index (χ4v) is 4.36. The van der Waals surface area contributed by atoms with Crippen molar-refractivity contribution in [1.29, 1.82) is 0 Å². The van der Waals surface area contributed by atoms with Gasteiger partial charge in [0.1, 0.15) is 15.5 Å². The van der Waals surface area contributed by atoms with Crippen molar-refractivity contribution in [3.8, 4) is 5.75 Å². The number of fused-ring (bicyclic) bond motifs is 1. The number of carbonyl (C=O) groups is 1. The number of nitrogen functional groups attached to an aromatic ring is 1. The number of methoxy groups -OCH3 is 1. The number of benzene rings is 1. The van der Waals surface area contributed by atoms with Crippen molar-refractivity contribution in [2.24, 2.45) is 0 Å². The Labute approximate surface area is 155 Å². The molecule has 7 heteroatoms. The molecule has 1 aliphatic heterocycles. The summed E-state index contributed by atoms with van der Waals surface area (Å²) < 4.78 is 5.28. The van der Waals surface area contributed by atoms with E-state index in [1.807, 2.05) is 36.9 Å². The lowest BCUT2D eigenvalue weighted by atomic mass is 9.91. The van der Waals surface area contributed by atoms with Gasteiger partial charge in [-0.1, -0.05) is 12.1 Å². The Morgan fingerprint density at radius 2 is 2.08 bits per heavy atom. The van der Waals surface area contributed by atoms with Crippen LogP contribution in [0.2, 0.25) is 0 Å². The second-order valence-corrected chi connectivity index (χ2v) is 7.62. The minimum Gasteiger partial charge on any atom is -0.497 e. The summed E-state index contributed by atoms with van der Waals surface area (Å²) in [6, 6.07) is 8.01. The first-order chi connectivity index (χ1) is 12.5. The van der Waals surface area contributed by atoms with Gasteiger partial charge < -0.3 is 15.4 Å². The molecule has 3 heterocycles. The van der Waals surface area contributed by atoms with Crippen molar-refractivity contribution >= 4 is 33.1 Å². The Bertz CT molecular complexity index is 1010. The van der Waals surface area contributed by atoms with Crippen LogP contribution in [0.3, 0.4) is 0 Å². The second kappa shape index (κ2) is 6.25. The monoisotopic (exact) mass is 368 g/mol. The maximum Gasteiger partial charge on any atom is 0.266 e. The van der Waals surface area contributed by atoms with Crippen molar-refractivity contribution in [2.75, 3.05) is 25.9 Å². The third-order valence-electron chi connectivity index (χ3n) is 5.06. The Balaban J connectivity index is 1.55. The molecule has 0 aliphatic carbocycles. The Morgan fingerprint density at radius 3 is 2.81 bits per heavy atom. The van der Waals surface area contributed by atoms with Gasteiger partial charge in [-0.3, -0.25) is 4.79 Å². The highest BCUT2D eigenvalue weighted by Gasteiger charge is 2.34. The van der Waals surface area contributed by atoms with E-state index < -0.39 is 0 Å². The molecule has 0 spiro atoms. The number of nitrogens with two attached hydrogens (primary N) is 1. The molecule has 1 aromatic carbocycles. The van der Waals surface area contributed by atoms with E-state index in [1.54, 1.807) is 7.11 Å². The number of thiophene rings is 1. The molecule has 0 atom stereocenters. The molecule has 0 radical (unpaired) electrons. The van der Waals surface area contributed by atoms with Crippen molar-refractivity contribution < 1.29 is 9.53 Å². The highest BCUT2D eigenvalue weighted by molar-refractivity contribution is 7.21. The maximum absolute atomic E-state index is 12.9. The van der Waals surface area contributed by atoms with Crippen LogP contribution in [-0.4, -0.2) is 41.2 Å². The molecule has 1 fully saturated rings. The van der Waals surface area contributed by atoms with Gasteiger partial charge in [0.2, 0.25) is 0 Å². The summed E-state index contributed by atoms with van der Waals surface area (Å²) in [5.74, 6) is 1.14. The highest BCUT2D eigenvalue weighted by Crippen LogP contribution is 2.38. The van der Waals surface area contributed by atoms with Crippen LogP contribution in [0.4, 0.5) is 5.69 Å². The molecule has 1 saturated heterocycles.